The van der Waals surface area contributed by atoms with Crippen molar-refractivity contribution in [1.82, 2.24) is 9.80 Å². The molecule has 2 bridgehead atoms. The second kappa shape index (κ2) is 8.87. The van der Waals surface area contributed by atoms with Crippen molar-refractivity contribution in [2.75, 3.05) is 13.2 Å². The minimum atomic E-state index is -1.24. The van der Waals surface area contributed by atoms with Gasteiger partial charge in [-0.3, -0.25) is 14.4 Å². The van der Waals surface area contributed by atoms with Crippen molar-refractivity contribution in [1.29, 1.82) is 0 Å². The second-order valence-electron chi connectivity index (χ2n) is 12.8. The Balaban J connectivity index is 2.19. The number of fused-ring (bicyclic) bond motifs is 1. The molecule has 3 heterocycles. The molecule has 198 valence electrons. The van der Waals surface area contributed by atoms with E-state index in [0.717, 1.165) is 0 Å². The highest BCUT2D eigenvalue weighted by Gasteiger charge is 2.80. The van der Waals surface area contributed by atoms with Crippen LogP contribution >= 0.6 is 0 Å². The van der Waals surface area contributed by atoms with Gasteiger partial charge in [0.1, 0.15) is 17.6 Å². The number of carbonyl (C=O) groups is 3. The van der Waals surface area contributed by atoms with E-state index in [0.29, 0.717) is 19.3 Å². The van der Waals surface area contributed by atoms with Gasteiger partial charge in [0.15, 0.2) is 0 Å². The Morgan fingerprint density at radius 3 is 2.37 bits per heavy atom. The first-order chi connectivity index (χ1) is 16.0. The molecule has 1 spiro atoms. The van der Waals surface area contributed by atoms with Crippen LogP contribution in [0.2, 0.25) is 0 Å². The van der Waals surface area contributed by atoms with Crippen molar-refractivity contribution >= 4 is 17.8 Å². The van der Waals surface area contributed by atoms with Crippen molar-refractivity contribution in [3.63, 3.8) is 0 Å². The zero-order valence-electron chi connectivity index (χ0n) is 22.6. The molecule has 3 saturated heterocycles. The SMILES string of the molecule is C=CCN(C(=O)C1N([C@@H](CC)CO)C(=O)[C@@H]2[C@H](C(=O)O)[C@@]3(C)OC12CC3C)C(C)(C)CC(C)(C)C. The number of rotatable bonds is 9. The van der Waals surface area contributed by atoms with Crippen LogP contribution in [-0.4, -0.2) is 79.8 Å². The number of nitrogens with zero attached hydrogens (tertiary/aromatic N) is 2. The zero-order valence-corrected chi connectivity index (χ0v) is 22.6. The van der Waals surface area contributed by atoms with Crippen LogP contribution in [0.5, 0.6) is 0 Å². The molecule has 8 nitrogen and oxygen atoms in total. The molecule has 2 N–H and O–H groups in total. The maximum Gasteiger partial charge on any atom is 0.310 e. The lowest BCUT2D eigenvalue weighted by atomic mass is 9.62. The molecular formula is C27H44N2O6. The first-order valence-corrected chi connectivity index (χ1v) is 12.8. The first kappa shape index (κ1) is 27.7. The van der Waals surface area contributed by atoms with Crippen LogP contribution < -0.4 is 0 Å². The fraction of sp³-hybridized carbons (Fsp3) is 0.815. The van der Waals surface area contributed by atoms with E-state index >= 15 is 0 Å². The Kier molecular flexibility index (Phi) is 7.01. The summed E-state index contributed by atoms with van der Waals surface area (Å²) in [4.78, 5) is 44.2. The molecule has 3 unspecified atom stereocenters. The number of likely N-dealkylation sites (tertiary alicyclic amines) is 1. The van der Waals surface area contributed by atoms with Gasteiger partial charge in [0, 0.05) is 12.1 Å². The monoisotopic (exact) mass is 492 g/mol. The largest absolute Gasteiger partial charge is 0.481 e. The van der Waals surface area contributed by atoms with E-state index in [4.69, 9.17) is 4.74 Å². The summed E-state index contributed by atoms with van der Waals surface area (Å²) in [5, 5.41) is 20.4. The third-order valence-corrected chi connectivity index (χ3v) is 8.60. The summed E-state index contributed by atoms with van der Waals surface area (Å²) in [5.74, 6) is -3.92. The zero-order chi connectivity index (χ0) is 26.7. The molecule has 0 radical (unpaired) electrons. The van der Waals surface area contributed by atoms with Crippen LogP contribution in [0.4, 0.5) is 0 Å². The molecule has 2 amide bonds. The average Bonchev–Trinajstić information content (AvgIpc) is 3.22. The summed E-state index contributed by atoms with van der Waals surface area (Å²) in [5.41, 5.74) is -2.91. The van der Waals surface area contributed by atoms with Gasteiger partial charge >= 0.3 is 5.97 Å². The van der Waals surface area contributed by atoms with Crippen molar-refractivity contribution in [3.8, 4) is 0 Å². The third kappa shape index (κ3) is 4.10. The van der Waals surface area contributed by atoms with Crippen LogP contribution in [0.25, 0.3) is 0 Å². The molecule has 3 aliphatic heterocycles. The molecule has 0 aromatic carbocycles. The number of hydrogen-bond acceptors (Lipinski definition) is 5. The van der Waals surface area contributed by atoms with Crippen LogP contribution in [0, 0.1) is 23.2 Å². The highest BCUT2D eigenvalue weighted by Crippen LogP contribution is 2.65. The summed E-state index contributed by atoms with van der Waals surface area (Å²) in [6.45, 7) is 19.8. The minimum Gasteiger partial charge on any atom is -0.481 e. The van der Waals surface area contributed by atoms with Crippen LogP contribution in [-0.2, 0) is 19.1 Å². The van der Waals surface area contributed by atoms with Gasteiger partial charge in [-0.1, -0.05) is 40.7 Å². The summed E-state index contributed by atoms with van der Waals surface area (Å²) >= 11 is 0. The molecule has 3 aliphatic rings. The van der Waals surface area contributed by atoms with Crippen molar-refractivity contribution in [2.24, 2.45) is 23.2 Å². The smallest absolute Gasteiger partial charge is 0.310 e. The Morgan fingerprint density at radius 1 is 1.31 bits per heavy atom. The minimum absolute atomic E-state index is 0.0645. The number of aliphatic hydroxyl groups is 1. The number of amides is 2. The van der Waals surface area contributed by atoms with E-state index in [2.05, 4.69) is 27.4 Å². The summed E-state index contributed by atoms with van der Waals surface area (Å²) in [6.07, 6.45) is 3.24. The Morgan fingerprint density at radius 2 is 1.91 bits per heavy atom. The standard InChI is InChI=1S/C27H44N2O6/c1-10-12-28(25(7,8)15-24(4,5)6)22(32)20-27-13-16(3)26(9,35-27)19(23(33)34)18(27)21(31)29(20)17(11-2)14-30/h10,16-20,30H,1,11-15H2,2-9H3,(H,33,34)/t16?,17-,18-,19+,20?,26-,27?/m0/s1. The van der Waals surface area contributed by atoms with E-state index in [1.165, 1.54) is 4.90 Å². The molecule has 3 rings (SSSR count). The Labute approximate surface area is 209 Å². The Hall–Kier alpha value is -1.93. The number of aliphatic hydroxyl groups excluding tert-OH is 1. The number of carbonyl (C=O) groups excluding carboxylic acids is 2. The molecule has 0 aliphatic carbocycles. The van der Waals surface area contributed by atoms with Gasteiger partial charge in [-0.15, -0.1) is 6.58 Å². The van der Waals surface area contributed by atoms with E-state index in [1.807, 2.05) is 27.7 Å². The summed E-state index contributed by atoms with van der Waals surface area (Å²) in [7, 11) is 0. The fourth-order valence-electron chi connectivity index (χ4n) is 7.44. The second-order valence-corrected chi connectivity index (χ2v) is 12.8. The lowest BCUT2D eigenvalue weighted by molar-refractivity contribution is -0.162. The number of carboxylic acid groups (broad SMARTS) is 1. The quantitative estimate of drug-likeness (QED) is 0.479. The summed E-state index contributed by atoms with van der Waals surface area (Å²) < 4.78 is 6.57. The van der Waals surface area contributed by atoms with Gasteiger partial charge in [0.05, 0.1) is 24.2 Å². The molecule has 8 heteroatoms. The normalized spacial score (nSPS) is 35.2. The molecule has 0 aromatic heterocycles. The Bertz CT molecular complexity index is 891. The van der Waals surface area contributed by atoms with Crippen molar-refractivity contribution in [3.05, 3.63) is 12.7 Å². The number of carboxylic acids is 1. The predicted octanol–water partition coefficient (Wildman–Crippen LogP) is 3.08. The highest BCUT2D eigenvalue weighted by molar-refractivity contribution is 5.98. The van der Waals surface area contributed by atoms with E-state index in [9.17, 15) is 24.6 Å². The number of aliphatic carboxylic acids is 1. The molecule has 3 fully saturated rings. The molecule has 7 atom stereocenters. The number of hydrogen-bond donors (Lipinski definition) is 2. The van der Waals surface area contributed by atoms with Gasteiger partial charge in [-0.2, -0.15) is 0 Å². The number of ether oxygens (including phenoxy) is 1. The summed E-state index contributed by atoms with van der Waals surface area (Å²) in [6, 6.07) is -1.61. The predicted molar refractivity (Wildman–Crippen MR) is 132 cm³/mol. The van der Waals surface area contributed by atoms with Gasteiger partial charge in [0.25, 0.3) is 0 Å². The third-order valence-electron chi connectivity index (χ3n) is 8.60. The average molecular weight is 493 g/mol. The van der Waals surface area contributed by atoms with Crippen LogP contribution in [0.15, 0.2) is 12.7 Å². The fourth-order valence-corrected chi connectivity index (χ4v) is 7.44. The topological polar surface area (TPSA) is 107 Å². The first-order valence-electron chi connectivity index (χ1n) is 12.8. The maximum absolute atomic E-state index is 14.5. The molecule has 35 heavy (non-hydrogen) atoms. The van der Waals surface area contributed by atoms with Crippen LogP contribution in [0.1, 0.15) is 74.7 Å². The van der Waals surface area contributed by atoms with Gasteiger partial charge < -0.3 is 24.7 Å². The maximum atomic E-state index is 14.5. The van der Waals surface area contributed by atoms with E-state index < -0.39 is 52.5 Å². The van der Waals surface area contributed by atoms with Gasteiger partial charge in [-0.25, -0.2) is 0 Å². The molecular weight excluding hydrogens is 448 g/mol. The van der Waals surface area contributed by atoms with Crippen molar-refractivity contribution in [2.45, 2.75) is 103 Å². The lowest BCUT2D eigenvalue weighted by Crippen LogP contribution is -2.62. The van der Waals surface area contributed by atoms with E-state index in [1.54, 1.807) is 17.9 Å². The van der Waals surface area contributed by atoms with Crippen molar-refractivity contribution < 1.29 is 29.3 Å². The van der Waals surface area contributed by atoms with Gasteiger partial charge in [-0.05, 0) is 51.4 Å². The highest BCUT2D eigenvalue weighted by atomic mass is 16.5. The molecule has 0 saturated carbocycles. The lowest BCUT2D eigenvalue weighted by Gasteiger charge is -2.46. The molecule has 0 aromatic rings. The van der Waals surface area contributed by atoms with Gasteiger partial charge in [0.2, 0.25) is 11.8 Å². The van der Waals surface area contributed by atoms with E-state index in [-0.39, 0.29) is 30.4 Å². The van der Waals surface area contributed by atoms with Crippen LogP contribution in [0.3, 0.4) is 0 Å².